The molecule has 1 N–H and O–H groups in total. The number of sulfone groups is 1. The monoisotopic (exact) mass is 478 g/mol. The van der Waals surface area contributed by atoms with Crippen molar-refractivity contribution in [3.8, 4) is 16.9 Å². The topological polar surface area (TPSA) is 85.0 Å². The molecule has 0 bridgehead atoms. The Morgan fingerprint density at radius 1 is 1.09 bits per heavy atom. The van der Waals surface area contributed by atoms with Crippen LogP contribution in [0.2, 0.25) is 0 Å². The maximum Gasteiger partial charge on any atom is 0.152 e. The summed E-state index contributed by atoms with van der Waals surface area (Å²) >= 11 is 0. The van der Waals surface area contributed by atoms with Gasteiger partial charge in [-0.2, -0.15) is 5.10 Å². The van der Waals surface area contributed by atoms with Gasteiger partial charge < -0.3 is 10.2 Å². The molecule has 9 heteroatoms. The molecule has 0 spiro atoms. The Labute approximate surface area is 200 Å². The maximum absolute atomic E-state index is 11.7. The van der Waals surface area contributed by atoms with E-state index in [4.69, 9.17) is 4.98 Å². The van der Waals surface area contributed by atoms with E-state index in [0.29, 0.717) is 13.1 Å². The van der Waals surface area contributed by atoms with Crippen molar-refractivity contribution in [3.63, 3.8) is 0 Å². The molecular weight excluding hydrogens is 448 g/mol. The van der Waals surface area contributed by atoms with E-state index in [2.05, 4.69) is 50.3 Å². The second-order valence-electron chi connectivity index (χ2n) is 8.89. The molecule has 5 rings (SSSR count). The highest BCUT2D eigenvalue weighted by Crippen LogP contribution is 2.29. The van der Waals surface area contributed by atoms with Crippen molar-refractivity contribution in [3.05, 3.63) is 60.6 Å². The molecule has 1 aromatic carbocycles. The van der Waals surface area contributed by atoms with Crippen molar-refractivity contribution in [2.75, 3.05) is 43.5 Å². The number of aromatic nitrogens is 4. The van der Waals surface area contributed by atoms with E-state index in [0.717, 1.165) is 53.1 Å². The van der Waals surface area contributed by atoms with E-state index in [1.807, 2.05) is 38.6 Å². The van der Waals surface area contributed by atoms with Gasteiger partial charge in [0.25, 0.3) is 0 Å². The third kappa shape index (κ3) is 4.71. The first-order valence-corrected chi connectivity index (χ1v) is 13.4. The highest BCUT2D eigenvalue weighted by atomic mass is 32.2. The number of nitrogens with one attached hydrogen (secondary N) is 1. The summed E-state index contributed by atoms with van der Waals surface area (Å²) < 4.78 is 27.3. The molecule has 1 fully saturated rings. The van der Waals surface area contributed by atoms with Crippen LogP contribution in [0.5, 0.6) is 0 Å². The molecule has 4 aromatic rings. The highest BCUT2D eigenvalue weighted by Gasteiger charge is 2.21. The molecule has 0 saturated carbocycles. The summed E-state index contributed by atoms with van der Waals surface area (Å²) in [6.45, 7) is 2.17. The van der Waals surface area contributed by atoms with Crippen LogP contribution in [0.3, 0.4) is 0 Å². The quantitative estimate of drug-likeness (QED) is 0.439. The number of rotatable bonds is 7. The van der Waals surface area contributed by atoms with Gasteiger partial charge in [-0.3, -0.25) is 9.25 Å². The van der Waals surface area contributed by atoms with Crippen molar-refractivity contribution < 1.29 is 8.42 Å². The second kappa shape index (κ2) is 9.23. The number of pyridine rings is 1. The zero-order valence-electron chi connectivity index (χ0n) is 19.6. The maximum atomic E-state index is 11.7. The Bertz CT molecular complexity index is 1410. The summed E-state index contributed by atoms with van der Waals surface area (Å²) in [4.78, 5) is 7.32. The van der Waals surface area contributed by atoms with Gasteiger partial charge in [0.2, 0.25) is 0 Å². The van der Waals surface area contributed by atoms with E-state index in [9.17, 15) is 8.42 Å². The molecule has 0 amide bonds. The number of fused-ring (bicyclic) bond motifs is 1. The van der Waals surface area contributed by atoms with Crippen molar-refractivity contribution in [1.82, 2.24) is 24.2 Å². The van der Waals surface area contributed by atoms with Crippen LogP contribution in [0.15, 0.2) is 55.0 Å². The van der Waals surface area contributed by atoms with Crippen LogP contribution in [0.1, 0.15) is 12.0 Å². The molecular formula is C25H30N6O2S. The van der Waals surface area contributed by atoms with Crippen molar-refractivity contribution in [2.24, 2.45) is 7.05 Å². The Kier molecular flexibility index (Phi) is 6.14. The number of aryl methyl sites for hydroxylation is 2. The van der Waals surface area contributed by atoms with Gasteiger partial charge in [0.1, 0.15) is 5.65 Å². The summed E-state index contributed by atoms with van der Waals surface area (Å²) in [6, 6.07) is 12.5. The van der Waals surface area contributed by atoms with Crippen LogP contribution < -0.4 is 5.32 Å². The predicted molar refractivity (Wildman–Crippen MR) is 136 cm³/mol. The normalized spacial score (nSPS) is 16.2. The molecule has 178 valence electrons. The average molecular weight is 479 g/mol. The minimum atomic E-state index is -2.84. The predicted octanol–water partition coefficient (Wildman–Crippen LogP) is 3.13. The zero-order chi connectivity index (χ0) is 23.7. The summed E-state index contributed by atoms with van der Waals surface area (Å²) in [5.41, 5.74) is 6.18. The Balaban J connectivity index is 1.44. The van der Waals surface area contributed by atoms with Gasteiger partial charge in [0.05, 0.1) is 29.1 Å². The molecule has 34 heavy (non-hydrogen) atoms. The fraction of sp³-hybridized carbons (Fsp3) is 0.360. The molecule has 0 unspecified atom stereocenters. The van der Waals surface area contributed by atoms with Gasteiger partial charge in [-0.15, -0.1) is 0 Å². The first-order valence-electron chi connectivity index (χ1n) is 11.6. The Morgan fingerprint density at radius 2 is 1.91 bits per heavy atom. The summed E-state index contributed by atoms with van der Waals surface area (Å²) in [5, 5.41) is 8.68. The van der Waals surface area contributed by atoms with Gasteiger partial charge in [0.15, 0.2) is 9.84 Å². The van der Waals surface area contributed by atoms with E-state index < -0.39 is 9.84 Å². The molecule has 0 radical (unpaired) electrons. The first kappa shape index (κ1) is 22.6. The number of benzene rings is 1. The molecule has 8 nitrogen and oxygen atoms in total. The van der Waals surface area contributed by atoms with E-state index in [-0.39, 0.29) is 11.5 Å². The minimum absolute atomic E-state index is 0.273. The number of anilines is 1. The minimum Gasteiger partial charge on any atom is -0.388 e. The lowest BCUT2D eigenvalue weighted by Crippen LogP contribution is -2.40. The van der Waals surface area contributed by atoms with Gasteiger partial charge in [-0.25, -0.2) is 13.4 Å². The Hall–Kier alpha value is -3.17. The van der Waals surface area contributed by atoms with Crippen LogP contribution in [0, 0.1) is 0 Å². The second-order valence-corrected chi connectivity index (χ2v) is 11.2. The zero-order valence-corrected chi connectivity index (χ0v) is 20.4. The molecule has 1 saturated heterocycles. The van der Waals surface area contributed by atoms with Crippen LogP contribution in [-0.4, -0.2) is 70.8 Å². The third-order valence-electron chi connectivity index (χ3n) is 6.51. The number of hydrogen-bond donors (Lipinski definition) is 1. The third-order valence-corrected chi connectivity index (χ3v) is 8.12. The SMILES string of the molecule is CNc1cccc(-c2ccc3c(CCCN4CCS(=O)(=O)CC4)cn(-c4cnn(C)c4)c3n2)c1. The molecule has 1 aliphatic rings. The van der Waals surface area contributed by atoms with Crippen molar-refractivity contribution >= 4 is 26.6 Å². The molecule has 3 aromatic heterocycles. The van der Waals surface area contributed by atoms with Crippen molar-refractivity contribution in [1.29, 1.82) is 0 Å². The van der Waals surface area contributed by atoms with Crippen LogP contribution in [0.4, 0.5) is 5.69 Å². The average Bonchev–Trinajstić information content (AvgIpc) is 3.43. The lowest BCUT2D eigenvalue weighted by atomic mass is 10.1. The lowest BCUT2D eigenvalue weighted by molar-refractivity contribution is 0.292. The number of nitrogens with zero attached hydrogens (tertiary/aromatic N) is 5. The summed E-state index contributed by atoms with van der Waals surface area (Å²) in [7, 11) is 0.985. The van der Waals surface area contributed by atoms with E-state index in [1.165, 1.54) is 5.56 Å². The molecule has 4 heterocycles. The van der Waals surface area contributed by atoms with Gasteiger partial charge in [-0.1, -0.05) is 12.1 Å². The highest BCUT2D eigenvalue weighted by molar-refractivity contribution is 7.91. The Morgan fingerprint density at radius 3 is 2.65 bits per heavy atom. The van der Waals surface area contributed by atoms with Crippen LogP contribution in [-0.2, 0) is 23.3 Å². The largest absolute Gasteiger partial charge is 0.388 e. The fourth-order valence-corrected chi connectivity index (χ4v) is 5.84. The standard InChI is InChI=1S/C25H30N6O2S/c1-26-21-7-3-5-19(15-21)24-9-8-23-20(6-4-10-30-11-13-34(32,33)14-12-30)17-31(25(23)28-24)22-16-27-29(2)18-22/h3,5,7-9,15-18,26H,4,6,10-14H2,1-2H3. The lowest BCUT2D eigenvalue weighted by Gasteiger charge is -2.26. The van der Waals surface area contributed by atoms with Crippen LogP contribution >= 0.6 is 0 Å². The molecule has 0 atom stereocenters. The van der Waals surface area contributed by atoms with Crippen LogP contribution in [0.25, 0.3) is 28.0 Å². The molecule has 1 aliphatic heterocycles. The summed E-state index contributed by atoms with van der Waals surface area (Å²) in [5.74, 6) is 0.545. The van der Waals surface area contributed by atoms with Gasteiger partial charge in [0, 0.05) is 56.2 Å². The van der Waals surface area contributed by atoms with Gasteiger partial charge >= 0.3 is 0 Å². The van der Waals surface area contributed by atoms with Gasteiger partial charge in [-0.05, 0) is 49.2 Å². The molecule has 0 aliphatic carbocycles. The van der Waals surface area contributed by atoms with E-state index >= 15 is 0 Å². The first-order chi connectivity index (χ1) is 16.4. The van der Waals surface area contributed by atoms with Crippen molar-refractivity contribution in [2.45, 2.75) is 12.8 Å². The number of hydrogen-bond acceptors (Lipinski definition) is 6. The summed E-state index contributed by atoms with van der Waals surface area (Å²) in [6.07, 6.45) is 7.89. The fourth-order valence-electron chi connectivity index (χ4n) is 4.56. The van der Waals surface area contributed by atoms with E-state index in [1.54, 1.807) is 4.68 Å². The smallest absolute Gasteiger partial charge is 0.152 e.